The largest absolute Gasteiger partial charge is 0.507 e. The summed E-state index contributed by atoms with van der Waals surface area (Å²) in [5.41, 5.74) is 1.58. The number of aliphatic hydroxyl groups is 1. The number of aliphatic hydroxyl groups excluding tert-OH is 1. The van der Waals surface area contributed by atoms with E-state index in [-0.39, 0.29) is 11.3 Å². The van der Waals surface area contributed by atoms with Crippen LogP contribution in [0.1, 0.15) is 55.8 Å². The summed E-state index contributed by atoms with van der Waals surface area (Å²) < 4.78 is 10.9. The summed E-state index contributed by atoms with van der Waals surface area (Å²) in [6, 6.07) is 20.4. The Labute approximate surface area is 226 Å². The molecule has 1 aliphatic rings. The first-order chi connectivity index (χ1) is 18.8. The molecule has 0 aromatic heterocycles. The maximum Gasteiger partial charge on any atom is 0.308 e. The summed E-state index contributed by atoms with van der Waals surface area (Å²) in [5, 5.41) is 20.5. The maximum absolute atomic E-state index is 13.3. The van der Waals surface area contributed by atoms with Crippen molar-refractivity contribution in [3.8, 4) is 17.6 Å². The number of benzene rings is 3. The molecule has 1 saturated heterocycles. The average Bonchev–Trinajstić information content (AvgIpc) is 3.21. The Morgan fingerprint density at radius 1 is 0.949 bits per heavy atom. The molecule has 3 aromatic rings. The van der Waals surface area contributed by atoms with Crippen LogP contribution in [0, 0.1) is 11.3 Å². The van der Waals surface area contributed by atoms with Crippen molar-refractivity contribution < 1.29 is 29.0 Å². The Bertz CT molecular complexity index is 1430. The van der Waals surface area contributed by atoms with Crippen molar-refractivity contribution in [3.05, 3.63) is 95.1 Å². The predicted molar refractivity (Wildman–Crippen MR) is 145 cm³/mol. The van der Waals surface area contributed by atoms with Crippen LogP contribution >= 0.6 is 0 Å². The van der Waals surface area contributed by atoms with E-state index in [1.54, 1.807) is 72.8 Å². The minimum absolute atomic E-state index is 0.0822. The van der Waals surface area contributed by atoms with Crippen LogP contribution in [0.3, 0.4) is 0 Å². The highest BCUT2D eigenvalue weighted by Gasteiger charge is 2.47. The number of Topliss-reactive ketones (excluding diaryl/α,β-unsaturated/α-hetero) is 1. The lowest BCUT2D eigenvalue weighted by Crippen LogP contribution is -2.29. The van der Waals surface area contributed by atoms with Crippen molar-refractivity contribution in [2.45, 2.75) is 39.2 Å². The maximum atomic E-state index is 13.3. The number of hydrogen-bond donors (Lipinski definition) is 1. The highest BCUT2D eigenvalue weighted by atomic mass is 16.5. The second-order valence-corrected chi connectivity index (χ2v) is 9.07. The summed E-state index contributed by atoms with van der Waals surface area (Å²) in [6.07, 6.45) is 3.09. The van der Waals surface area contributed by atoms with Gasteiger partial charge in [0.25, 0.3) is 11.7 Å². The van der Waals surface area contributed by atoms with Gasteiger partial charge in [-0.3, -0.25) is 19.3 Å². The van der Waals surface area contributed by atoms with Crippen molar-refractivity contribution in [2.75, 3.05) is 11.5 Å². The number of anilines is 1. The molecular weight excluding hydrogens is 496 g/mol. The van der Waals surface area contributed by atoms with E-state index in [0.29, 0.717) is 40.5 Å². The number of unbranched alkanes of at least 4 members (excludes halogenated alkanes) is 2. The summed E-state index contributed by atoms with van der Waals surface area (Å²) in [4.78, 5) is 39.3. The van der Waals surface area contributed by atoms with Crippen molar-refractivity contribution in [1.29, 1.82) is 5.26 Å². The number of esters is 1. The first-order valence-electron chi connectivity index (χ1n) is 12.7. The van der Waals surface area contributed by atoms with Gasteiger partial charge < -0.3 is 14.6 Å². The van der Waals surface area contributed by atoms with Gasteiger partial charge in [0.05, 0.1) is 29.9 Å². The Kier molecular flexibility index (Phi) is 8.42. The lowest BCUT2D eigenvalue weighted by Gasteiger charge is -2.25. The molecule has 0 saturated carbocycles. The third-order valence-electron chi connectivity index (χ3n) is 6.32. The third-order valence-corrected chi connectivity index (χ3v) is 6.32. The molecule has 0 bridgehead atoms. The average molecular weight is 525 g/mol. The zero-order valence-electron chi connectivity index (χ0n) is 21.7. The van der Waals surface area contributed by atoms with Gasteiger partial charge in [-0.05, 0) is 72.6 Å². The first kappa shape index (κ1) is 27.1. The molecule has 1 fully saturated rings. The normalized spacial score (nSPS) is 16.1. The molecule has 1 heterocycles. The van der Waals surface area contributed by atoms with E-state index < -0.39 is 23.7 Å². The molecule has 1 atom stereocenters. The molecule has 1 aliphatic heterocycles. The third kappa shape index (κ3) is 5.99. The Hall–Kier alpha value is -4.90. The number of ether oxygens (including phenoxy) is 2. The van der Waals surface area contributed by atoms with Crippen LogP contribution in [-0.2, 0) is 14.4 Å². The standard InChI is InChI=1S/C31H28N2O6/c1-3-4-5-18-38-25-14-10-23(11-15-25)29(35)27-28(22-8-16-26(17-9-22)39-20(2)34)33(31(37)30(27)36)24-12-6-21(19-32)7-13-24/h6-17,28,35H,3-5,18H2,1-2H3/b29-27+. The van der Waals surface area contributed by atoms with Crippen molar-refractivity contribution in [1.82, 2.24) is 0 Å². The number of hydrogen-bond acceptors (Lipinski definition) is 7. The molecule has 198 valence electrons. The highest BCUT2D eigenvalue weighted by Crippen LogP contribution is 2.42. The topological polar surface area (TPSA) is 117 Å². The highest BCUT2D eigenvalue weighted by molar-refractivity contribution is 6.51. The SMILES string of the molecule is CCCCCOc1ccc(/C(O)=C2\C(=O)C(=O)N(c3ccc(C#N)cc3)C2c2ccc(OC(C)=O)cc2)cc1. The summed E-state index contributed by atoms with van der Waals surface area (Å²) in [5.74, 6) is -1.52. The molecule has 0 radical (unpaired) electrons. The van der Waals surface area contributed by atoms with Crippen LogP contribution < -0.4 is 14.4 Å². The van der Waals surface area contributed by atoms with Crippen LogP contribution in [0.25, 0.3) is 5.76 Å². The van der Waals surface area contributed by atoms with Gasteiger partial charge in [0.15, 0.2) is 0 Å². The lowest BCUT2D eigenvalue weighted by atomic mass is 9.95. The zero-order valence-corrected chi connectivity index (χ0v) is 21.7. The van der Waals surface area contributed by atoms with E-state index in [2.05, 4.69) is 6.92 Å². The monoisotopic (exact) mass is 524 g/mol. The fraction of sp³-hybridized carbons (Fsp3) is 0.226. The van der Waals surface area contributed by atoms with E-state index in [9.17, 15) is 19.5 Å². The summed E-state index contributed by atoms with van der Waals surface area (Å²) in [6.45, 7) is 3.98. The number of ketones is 1. The molecule has 0 aliphatic carbocycles. The second kappa shape index (κ2) is 12.1. The van der Waals surface area contributed by atoms with Gasteiger partial charge in [-0.15, -0.1) is 0 Å². The lowest BCUT2D eigenvalue weighted by molar-refractivity contribution is -0.132. The molecular formula is C31H28N2O6. The fourth-order valence-electron chi connectivity index (χ4n) is 4.40. The van der Waals surface area contributed by atoms with Crippen LogP contribution in [0.4, 0.5) is 5.69 Å². The van der Waals surface area contributed by atoms with Gasteiger partial charge in [-0.2, -0.15) is 5.26 Å². The Balaban J connectivity index is 1.76. The zero-order chi connectivity index (χ0) is 27.9. The van der Waals surface area contributed by atoms with Gasteiger partial charge in [0.2, 0.25) is 0 Å². The van der Waals surface area contributed by atoms with Gasteiger partial charge in [0.1, 0.15) is 17.3 Å². The molecule has 1 unspecified atom stereocenters. The number of nitriles is 1. The number of carbonyl (C=O) groups is 3. The molecule has 1 amide bonds. The minimum atomic E-state index is -0.964. The molecule has 39 heavy (non-hydrogen) atoms. The van der Waals surface area contributed by atoms with Crippen LogP contribution in [-0.4, -0.2) is 29.4 Å². The van der Waals surface area contributed by atoms with Gasteiger partial charge in [-0.1, -0.05) is 31.9 Å². The molecule has 3 aromatic carbocycles. The van der Waals surface area contributed by atoms with Crippen LogP contribution in [0.2, 0.25) is 0 Å². The second-order valence-electron chi connectivity index (χ2n) is 9.07. The Morgan fingerprint density at radius 3 is 2.18 bits per heavy atom. The molecule has 8 heteroatoms. The first-order valence-corrected chi connectivity index (χ1v) is 12.7. The van der Waals surface area contributed by atoms with Crippen molar-refractivity contribution in [3.63, 3.8) is 0 Å². The van der Waals surface area contributed by atoms with E-state index >= 15 is 0 Å². The van der Waals surface area contributed by atoms with E-state index in [1.165, 1.54) is 11.8 Å². The smallest absolute Gasteiger partial charge is 0.308 e. The molecule has 4 rings (SSSR count). The van der Waals surface area contributed by atoms with E-state index in [0.717, 1.165) is 19.3 Å². The van der Waals surface area contributed by atoms with Crippen LogP contribution in [0.15, 0.2) is 78.4 Å². The van der Waals surface area contributed by atoms with Crippen molar-refractivity contribution >= 4 is 29.1 Å². The summed E-state index contributed by atoms with van der Waals surface area (Å²) in [7, 11) is 0. The van der Waals surface area contributed by atoms with E-state index in [1.807, 2.05) is 6.07 Å². The predicted octanol–water partition coefficient (Wildman–Crippen LogP) is 5.68. The van der Waals surface area contributed by atoms with Crippen molar-refractivity contribution in [2.24, 2.45) is 0 Å². The van der Waals surface area contributed by atoms with Gasteiger partial charge >= 0.3 is 5.97 Å². The number of nitrogens with zero attached hydrogens (tertiary/aromatic N) is 2. The summed E-state index contributed by atoms with van der Waals surface area (Å²) >= 11 is 0. The van der Waals surface area contributed by atoms with E-state index in [4.69, 9.17) is 14.7 Å². The quantitative estimate of drug-likeness (QED) is 0.0956. The minimum Gasteiger partial charge on any atom is -0.507 e. The molecule has 1 N–H and O–H groups in total. The Morgan fingerprint density at radius 2 is 1.59 bits per heavy atom. The van der Waals surface area contributed by atoms with Gasteiger partial charge in [0, 0.05) is 18.2 Å². The number of amides is 1. The molecule has 0 spiro atoms. The number of rotatable bonds is 9. The molecule has 8 nitrogen and oxygen atoms in total. The number of carbonyl (C=O) groups excluding carboxylic acids is 3. The van der Waals surface area contributed by atoms with Gasteiger partial charge in [-0.25, -0.2) is 0 Å². The fourth-order valence-corrected chi connectivity index (χ4v) is 4.40. The van der Waals surface area contributed by atoms with Crippen LogP contribution in [0.5, 0.6) is 11.5 Å².